The van der Waals surface area contributed by atoms with Crippen LogP contribution in [0.5, 0.6) is 5.75 Å². The summed E-state index contributed by atoms with van der Waals surface area (Å²) in [6.07, 6.45) is -0.677. The molecule has 1 atom stereocenters. The highest BCUT2D eigenvalue weighted by atomic mass is 19.1. The molecule has 0 aliphatic carbocycles. The number of halogens is 1. The van der Waals surface area contributed by atoms with Gasteiger partial charge in [-0.1, -0.05) is 0 Å². The second-order valence-corrected chi connectivity index (χ2v) is 3.39. The lowest BCUT2D eigenvalue weighted by atomic mass is 10.0. The molecule has 2 N–H and O–H groups in total. The molecule has 1 unspecified atom stereocenters. The highest BCUT2D eigenvalue weighted by molar-refractivity contribution is 5.42. The third-order valence-corrected chi connectivity index (χ3v) is 2.20. The molecule has 1 aromatic rings. The molecule has 1 aromatic carbocycles. The molecular weight excluding hydrogens is 197 g/mol. The van der Waals surface area contributed by atoms with Crippen molar-refractivity contribution in [2.45, 2.75) is 19.6 Å². The van der Waals surface area contributed by atoms with E-state index in [1.165, 1.54) is 19.2 Å². The molecule has 3 nitrogen and oxygen atoms in total. The van der Waals surface area contributed by atoms with Crippen LogP contribution in [-0.4, -0.2) is 19.3 Å². The van der Waals surface area contributed by atoms with E-state index in [9.17, 15) is 9.50 Å². The SMILES string of the molecule is CNCc1cc(F)cc(OC)c1C(C)O. The topological polar surface area (TPSA) is 41.5 Å². The molecule has 0 aliphatic rings. The third kappa shape index (κ3) is 2.67. The Bertz CT molecular complexity index is 340. The molecule has 0 saturated heterocycles. The Hall–Kier alpha value is -1.13. The van der Waals surface area contributed by atoms with Gasteiger partial charge in [-0.3, -0.25) is 0 Å². The molecule has 0 fully saturated rings. The van der Waals surface area contributed by atoms with Gasteiger partial charge in [0.2, 0.25) is 0 Å². The van der Waals surface area contributed by atoms with Crippen molar-refractivity contribution in [1.29, 1.82) is 0 Å². The van der Waals surface area contributed by atoms with Crippen molar-refractivity contribution in [3.05, 3.63) is 29.1 Å². The van der Waals surface area contributed by atoms with Crippen molar-refractivity contribution in [3.8, 4) is 5.75 Å². The Kier molecular flexibility index (Phi) is 4.05. The summed E-state index contributed by atoms with van der Waals surface area (Å²) >= 11 is 0. The Morgan fingerprint density at radius 3 is 2.67 bits per heavy atom. The first-order chi connectivity index (χ1) is 7.10. The molecular formula is C11H16FNO2. The minimum Gasteiger partial charge on any atom is -0.496 e. The van der Waals surface area contributed by atoms with Gasteiger partial charge in [0, 0.05) is 18.2 Å². The number of hydrogen-bond donors (Lipinski definition) is 2. The second kappa shape index (κ2) is 5.09. The molecule has 4 heteroatoms. The van der Waals surface area contributed by atoms with Crippen molar-refractivity contribution in [1.82, 2.24) is 5.32 Å². The van der Waals surface area contributed by atoms with Crippen LogP contribution in [0.4, 0.5) is 4.39 Å². The van der Waals surface area contributed by atoms with Gasteiger partial charge in [-0.2, -0.15) is 0 Å². The lowest BCUT2D eigenvalue weighted by molar-refractivity contribution is 0.192. The standard InChI is InChI=1S/C11H16FNO2/c1-7(14)11-8(6-13-2)4-9(12)5-10(11)15-3/h4-5,7,13-14H,6H2,1-3H3. The number of rotatable bonds is 4. The van der Waals surface area contributed by atoms with E-state index in [1.807, 2.05) is 0 Å². The van der Waals surface area contributed by atoms with E-state index in [-0.39, 0.29) is 5.82 Å². The first kappa shape index (κ1) is 11.9. The number of nitrogens with one attached hydrogen (secondary N) is 1. The number of methoxy groups -OCH3 is 1. The maximum Gasteiger partial charge on any atom is 0.127 e. The van der Waals surface area contributed by atoms with Gasteiger partial charge in [-0.15, -0.1) is 0 Å². The van der Waals surface area contributed by atoms with Gasteiger partial charge < -0.3 is 15.2 Å². The largest absolute Gasteiger partial charge is 0.496 e. The molecule has 0 amide bonds. The average molecular weight is 213 g/mol. The first-order valence-corrected chi connectivity index (χ1v) is 4.79. The molecule has 0 aliphatic heterocycles. The zero-order chi connectivity index (χ0) is 11.4. The van der Waals surface area contributed by atoms with E-state index in [4.69, 9.17) is 4.74 Å². The maximum atomic E-state index is 13.2. The van der Waals surface area contributed by atoms with Gasteiger partial charge in [0.15, 0.2) is 0 Å². The van der Waals surface area contributed by atoms with Gasteiger partial charge in [0.25, 0.3) is 0 Å². The second-order valence-electron chi connectivity index (χ2n) is 3.39. The molecule has 0 saturated carbocycles. The van der Waals surface area contributed by atoms with Gasteiger partial charge in [0.05, 0.1) is 13.2 Å². The normalized spacial score (nSPS) is 12.6. The molecule has 84 valence electrons. The average Bonchev–Trinajstić information content (AvgIpc) is 2.16. The summed E-state index contributed by atoms with van der Waals surface area (Å²) in [5.41, 5.74) is 1.35. The highest BCUT2D eigenvalue weighted by Crippen LogP contribution is 2.29. The molecule has 0 bridgehead atoms. The Labute approximate surface area is 88.9 Å². The van der Waals surface area contributed by atoms with E-state index < -0.39 is 6.10 Å². The molecule has 0 spiro atoms. The smallest absolute Gasteiger partial charge is 0.127 e. The molecule has 0 aromatic heterocycles. The summed E-state index contributed by atoms with van der Waals surface area (Å²) in [6.45, 7) is 2.13. The first-order valence-electron chi connectivity index (χ1n) is 4.79. The summed E-state index contributed by atoms with van der Waals surface area (Å²) in [4.78, 5) is 0. The van der Waals surface area contributed by atoms with Crippen molar-refractivity contribution < 1.29 is 14.2 Å². The van der Waals surface area contributed by atoms with Gasteiger partial charge >= 0.3 is 0 Å². The predicted molar refractivity (Wildman–Crippen MR) is 56.3 cm³/mol. The van der Waals surface area contributed by atoms with Crippen LogP contribution in [-0.2, 0) is 6.54 Å². The molecule has 0 heterocycles. The fourth-order valence-electron chi connectivity index (χ4n) is 1.63. The third-order valence-electron chi connectivity index (χ3n) is 2.20. The fraction of sp³-hybridized carbons (Fsp3) is 0.455. The molecule has 15 heavy (non-hydrogen) atoms. The van der Waals surface area contributed by atoms with Crippen LogP contribution in [0, 0.1) is 5.82 Å². The van der Waals surface area contributed by atoms with E-state index >= 15 is 0 Å². The van der Waals surface area contributed by atoms with Crippen LogP contribution in [0.1, 0.15) is 24.2 Å². The highest BCUT2D eigenvalue weighted by Gasteiger charge is 2.15. The Balaban J connectivity index is 3.26. The summed E-state index contributed by atoms with van der Waals surface area (Å²) < 4.78 is 18.2. The van der Waals surface area contributed by atoms with Crippen LogP contribution >= 0.6 is 0 Å². The van der Waals surface area contributed by atoms with Gasteiger partial charge in [0.1, 0.15) is 11.6 Å². The van der Waals surface area contributed by atoms with E-state index in [0.29, 0.717) is 23.4 Å². The van der Waals surface area contributed by atoms with Crippen molar-refractivity contribution >= 4 is 0 Å². The number of ether oxygens (including phenoxy) is 1. The van der Waals surface area contributed by atoms with E-state index in [0.717, 1.165) is 0 Å². The number of benzene rings is 1. The lowest BCUT2D eigenvalue weighted by Crippen LogP contribution is -2.11. The summed E-state index contributed by atoms with van der Waals surface area (Å²) in [5, 5.41) is 12.5. The summed E-state index contributed by atoms with van der Waals surface area (Å²) in [6, 6.07) is 2.68. The number of hydrogen-bond acceptors (Lipinski definition) is 3. The molecule has 1 rings (SSSR count). The lowest BCUT2D eigenvalue weighted by Gasteiger charge is -2.16. The van der Waals surface area contributed by atoms with Crippen molar-refractivity contribution in [3.63, 3.8) is 0 Å². The van der Waals surface area contributed by atoms with Crippen molar-refractivity contribution in [2.75, 3.05) is 14.2 Å². The minimum atomic E-state index is -0.677. The quantitative estimate of drug-likeness (QED) is 0.798. The van der Waals surface area contributed by atoms with Crippen LogP contribution in [0.2, 0.25) is 0 Å². The maximum absolute atomic E-state index is 13.2. The summed E-state index contributed by atoms with van der Waals surface area (Å²) in [5.74, 6) is 0.0248. The van der Waals surface area contributed by atoms with Crippen LogP contribution in [0.25, 0.3) is 0 Å². The number of aliphatic hydroxyl groups excluding tert-OH is 1. The van der Waals surface area contributed by atoms with Gasteiger partial charge in [-0.25, -0.2) is 4.39 Å². The molecule has 0 radical (unpaired) electrons. The van der Waals surface area contributed by atoms with E-state index in [2.05, 4.69) is 5.32 Å². The van der Waals surface area contributed by atoms with Crippen LogP contribution in [0.15, 0.2) is 12.1 Å². The Morgan fingerprint density at radius 2 is 2.20 bits per heavy atom. The summed E-state index contributed by atoms with van der Waals surface area (Å²) in [7, 11) is 3.23. The Morgan fingerprint density at radius 1 is 1.53 bits per heavy atom. The number of aliphatic hydroxyl groups is 1. The predicted octanol–water partition coefficient (Wildman–Crippen LogP) is 1.61. The minimum absolute atomic E-state index is 0.360. The zero-order valence-electron chi connectivity index (χ0n) is 9.17. The zero-order valence-corrected chi connectivity index (χ0v) is 9.17. The van der Waals surface area contributed by atoms with Gasteiger partial charge in [-0.05, 0) is 25.6 Å². The van der Waals surface area contributed by atoms with Crippen LogP contribution < -0.4 is 10.1 Å². The fourth-order valence-corrected chi connectivity index (χ4v) is 1.63. The van der Waals surface area contributed by atoms with E-state index in [1.54, 1.807) is 14.0 Å². The van der Waals surface area contributed by atoms with Crippen molar-refractivity contribution in [2.24, 2.45) is 0 Å². The van der Waals surface area contributed by atoms with Crippen LogP contribution in [0.3, 0.4) is 0 Å². The monoisotopic (exact) mass is 213 g/mol.